The highest BCUT2D eigenvalue weighted by Gasteiger charge is 2.12. The first-order chi connectivity index (χ1) is 11.6. The highest BCUT2D eigenvalue weighted by molar-refractivity contribution is 6.34. The van der Waals surface area contributed by atoms with Gasteiger partial charge in [-0.3, -0.25) is 9.78 Å². The third kappa shape index (κ3) is 3.85. The lowest BCUT2D eigenvalue weighted by atomic mass is 10.2. The molecular weight excluding hydrogens is 333 g/mol. The summed E-state index contributed by atoms with van der Waals surface area (Å²) >= 11 is 5.89. The molecule has 0 aliphatic carbocycles. The molecular formula is C17H11ClFN3O2. The maximum atomic E-state index is 13.1. The van der Waals surface area contributed by atoms with Gasteiger partial charge in [0.2, 0.25) is 5.88 Å². The van der Waals surface area contributed by atoms with Crippen LogP contribution in [0, 0.1) is 5.82 Å². The lowest BCUT2D eigenvalue weighted by Crippen LogP contribution is -2.12. The Morgan fingerprint density at radius 1 is 1.17 bits per heavy atom. The number of nitrogens with zero attached hydrogens (tertiary/aromatic N) is 2. The van der Waals surface area contributed by atoms with Crippen molar-refractivity contribution < 1.29 is 13.9 Å². The first-order valence-electron chi connectivity index (χ1n) is 6.92. The second-order valence-electron chi connectivity index (χ2n) is 4.75. The zero-order valence-corrected chi connectivity index (χ0v) is 13.0. The molecule has 0 saturated carbocycles. The minimum Gasteiger partial charge on any atom is -0.437 e. The second-order valence-corrected chi connectivity index (χ2v) is 5.16. The Kier molecular flexibility index (Phi) is 4.67. The first kappa shape index (κ1) is 15.9. The van der Waals surface area contributed by atoms with Gasteiger partial charge in [-0.1, -0.05) is 17.7 Å². The van der Waals surface area contributed by atoms with Crippen LogP contribution in [0.2, 0.25) is 5.02 Å². The smallest absolute Gasteiger partial charge is 0.257 e. The van der Waals surface area contributed by atoms with E-state index < -0.39 is 11.7 Å². The normalized spacial score (nSPS) is 10.2. The van der Waals surface area contributed by atoms with E-state index in [1.54, 1.807) is 24.3 Å². The van der Waals surface area contributed by atoms with Crippen LogP contribution in [0.1, 0.15) is 10.4 Å². The number of halogens is 2. The van der Waals surface area contributed by atoms with Gasteiger partial charge in [-0.15, -0.1) is 0 Å². The topological polar surface area (TPSA) is 64.1 Å². The van der Waals surface area contributed by atoms with Crippen LogP contribution in [0.15, 0.2) is 61.1 Å². The fraction of sp³-hybridized carbons (Fsp3) is 0. The van der Waals surface area contributed by atoms with Gasteiger partial charge >= 0.3 is 0 Å². The number of hydrogen-bond acceptors (Lipinski definition) is 4. The van der Waals surface area contributed by atoms with Crippen LogP contribution in [-0.2, 0) is 0 Å². The zero-order chi connectivity index (χ0) is 16.9. The number of carbonyl (C=O) groups excluding carboxylic acids is 1. The number of rotatable bonds is 4. The number of carbonyl (C=O) groups is 1. The van der Waals surface area contributed by atoms with Crippen molar-refractivity contribution in [1.82, 2.24) is 9.97 Å². The summed E-state index contributed by atoms with van der Waals surface area (Å²) in [5.41, 5.74) is 0.681. The summed E-state index contributed by atoms with van der Waals surface area (Å²) < 4.78 is 18.6. The average Bonchev–Trinajstić information content (AvgIpc) is 2.56. The Morgan fingerprint density at radius 3 is 2.79 bits per heavy atom. The van der Waals surface area contributed by atoms with Crippen molar-refractivity contribution in [2.24, 2.45) is 0 Å². The number of ether oxygens (including phenoxy) is 1. The molecule has 1 N–H and O–H groups in total. The van der Waals surface area contributed by atoms with Gasteiger partial charge in [0, 0.05) is 24.1 Å². The number of hydrogen-bond donors (Lipinski definition) is 1. The molecule has 0 bridgehead atoms. The summed E-state index contributed by atoms with van der Waals surface area (Å²) in [6, 6.07) is 10.3. The molecule has 1 aromatic heterocycles. The number of aromatic nitrogens is 2. The van der Waals surface area contributed by atoms with E-state index >= 15 is 0 Å². The Bertz CT molecular complexity index is 875. The van der Waals surface area contributed by atoms with Crippen molar-refractivity contribution in [2.45, 2.75) is 0 Å². The molecule has 2 aromatic carbocycles. The van der Waals surface area contributed by atoms with E-state index in [1.165, 1.54) is 30.7 Å². The largest absolute Gasteiger partial charge is 0.437 e. The van der Waals surface area contributed by atoms with E-state index in [0.717, 1.165) is 6.07 Å². The van der Waals surface area contributed by atoms with Gasteiger partial charge in [0.15, 0.2) is 0 Å². The molecule has 5 nitrogen and oxygen atoms in total. The van der Waals surface area contributed by atoms with Crippen LogP contribution in [0.5, 0.6) is 11.6 Å². The van der Waals surface area contributed by atoms with E-state index in [4.69, 9.17) is 16.3 Å². The number of benzene rings is 2. The summed E-state index contributed by atoms with van der Waals surface area (Å²) in [7, 11) is 0. The molecule has 0 aliphatic rings. The second kappa shape index (κ2) is 7.06. The van der Waals surface area contributed by atoms with E-state index in [0.29, 0.717) is 17.3 Å². The minimum atomic E-state index is -0.504. The lowest BCUT2D eigenvalue weighted by molar-refractivity contribution is 0.102. The molecule has 0 aliphatic heterocycles. The maximum absolute atomic E-state index is 13.1. The monoisotopic (exact) mass is 343 g/mol. The molecule has 0 radical (unpaired) electrons. The Balaban J connectivity index is 1.75. The molecule has 7 heteroatoms. The van der Waals surface area contributed by atoms with Crippen molar-refractivity contribution >= 4 is 23.2 Å². The number of anilines is 1. The molecule has 3 aromatic rings. The third-order valence-electron chi connectivity index (χ3n) is 3.03. The molecule has 3 rings (SSSR count). The van der Waals surface area contributed by atoms with Gasteiger partial charge in [0.05, 0.1) is 16.8 Å². The van der Waals surface area contributed by atoms with E-state index in [1.807, 2.05) is 0 Å². The van der Waals surface area contributed by atoms with E-state index in [9.17, 15) is 9.18 Å². The molecule has 24 heavy (non-hydrogen) atoms. The van der Waals surface area contributed by atoms with Crippen molar-refractivity contribution in [1.29, 1.82) is 0 Å². The zero-order valence-electron chi connectivity index (χ0n) is 12.2. The highest BCUT2D eigenvalue weighted by Crippen LogP contribution is 2.23. The highest BCUT2D eigenvalue weighted by atomic mass is 35.5. The maximum Gasteiger partial charge on any atom is 0.257 e. The van der Waals surface area contributed by atoms with Gasteiger partial charge in [-0.05, 0) is 30.3 Å². The van der Waals surface area contributed by atoms with Gasteiger partial charge < -0.3 is 10.1 Å². The fourth-order valence-corrected chi connectivity index (χ4v) is 2.22. The fourth-order valence-electron chi connectivity index (χ4n) is 1.97. The van der Waals surface area contributed by atoms with Crippen LogP contribution >= 0.6 is 11.6 Å². The Morgan fingerprint density at radius 2 is 2.04 bits per heavy atom. The minimum absolute atomic E-state index is 0.0412. The summed E-state index contributed by atoms with van der Waals surface area (Å²) in [5.74, 6) is -0.131. The van der Waals surface area contributed by atoms with Gasteiger partial charge in [-0.25, -0.2) is 9.37 Å². The number of nitrogens with one attached hydrogen (secondary N) is 1. The molecule has 120 valence electrons. The van der Waals surface area contributed by atoms with Gasteiger partial charge in [-0.2, -0.15) is 0 Å². The summed E-state index contributed by atoms with van der Waals surface area (Å²) in [5, 5.41) is 2.72. The molecule has 0 saturated heterocycles. The predicted octanol–water partition coefficient (Wildman–Crippen LogP) is 4.31. The summed E-state index contributed by atoms with van der Waals surface area (Å²) in [4.78, 5) is 20.1. The molecule has 0 unspecified atom stereocenters. The SMILES string of the molecule is O=C(Nc1cccc(Oc2cnccn2)c1)c1ccc(F)cc1Cl. The predicted molar refractivity (Wildman–Crippen MR) is 87.9 cm³/mol. The first-order valence-corrected chi connectivity index (χ1v) is 7.30. The molecule has 1 amide bonds. The standard InChI is InChI=1S/C17H11ClFN3O2/c18-15-8-11(19)4-5-14(15)17(23)22-12-2-1-3-13(9-12)24-16-10-20-6-7-21-16/h1-10H,(H,22,23). The lowest BCUT2D eigenvalue weighted by Gasteiger charge is -2.09. The van der Waals surface area contributed by atoms with Crippen molar-refractivity contribution in [3.63, 3.8) is 0 Å². The van der Waals surface area contributed by atoms with Crippen LogP contribution in [0.25, 0.3) is 0 Å². The average molecular weight is 344 g/mol. The summed E-state index contributed by atoms with van der Waals surface area (Å²) in [6.45, 7) is 0. The van der Waals surface area contributed by atoms with E-state index in [2.05, 4.69) is 15.3 Å². The molecule has 0 fully saturated rings. The van der Waals surface area contributed by atoms with Gasteiger partial charge in [0.25, 0.3) is 5.91 Å². The van der Waals surface area contributed by atoms with Crippen molar-refractivity contribution in [3.8, 4) is 11.6 Å². The number of amides is 1. The molecule has 0 spiro atoms. The Labute approximate surface area is 142 Å². The summed E-state index contributed by atoms with van der Waals surface area (Å²) in [6.07, 6.45) is 4.52. The quantitative estimate of drug-likeness (QED) is 0.766. The van der Waals surface area contributed by atoms with Crippen LogP contribution in [-0.4, -0.2) is 15.9 Å². The van der Waals surface area contributed by atoms with E-state index in [-0.39, 0.29) is 10.6 Å². The Hall–Kier alpha value is -2.99. The van der Waals surface area contributed by atoms with Crippen molar-refractivity contribution in [3.05, 3.63) is 77.5 Å². The van der Waals surface area contributed by atoms with Crippen LogP contribution < -0.4 is 10.1 Å². The van der Waals surface area contributed by atoms with Crippen LogP contribution in [0.4, 0.5) is 10.1 Å². The molecule has 0 atom stereocenters. The van der Waals surface area contributed by atoms with Crippen molar-refractivity contribution in [2.75, 3.05) is 5.32 Å². The third-order valence-corrected chi connectivity index (χ3v) is 3.34. The molecule has 1 heterocycles. The van der Waals surface area contributed by atoms with Gasteiger partial charge in [0.1, 0.15) is 11.6 Å². The van der Waals surface area contributed by atoms with Crippen LogP contribution in [0.3, 0.4) is 0 Å².